The third-order valence-electron chi connectivity index (χ3n) is 2.68. The molecule has 0 aliphatic rings. The number of ether oxygens (including phenoxy) is 1. The topological polar surface area (TPSA) is 61.2 Å². The van der Waals surface area contributed by atoms with Crippen LogP contribution in [-0.2, 0) is 4.74 Å². The van der Waals surface area contributed by atoms with Gasteiger partial charge in [-0.15, -0.1) is 0 Å². The van der Waals surface area contributed by atoms with Crippen molar-refractivity contribution < 1.29 is 18.7 Å². The van der Waals surface area contributed by atoms with Crippen molar-refractivity contribution in [3.05, 3.63) is 47.5 Å². The van der Waals surface area contributed by atoms with Crippen molar-refractivity contribution in [3.63, 3.8) is 0 Å². The average Bonchev–Trinajstić information content (AvgIpc) is 2.88. The molecule has 2 rings (SSSR count). The second-order valence-electron chi connectivity index (χ2n) is 4.11. The van der Waals surface area contributed by atoms with Gasteiger partial charge in [0.05, 0.1) is 24.1 Å². The third-order valence-corrected chi connectivity index (χ3v) is 2.68. The van der Waals surface area contributed by atoms with Gasteiger partial charge in [-0.25, -0.2) is 13.9 Å². The number of hydrogen-bond acceptors (Lipinski definition) is 4. The van der Waals surface area contributed by atoms with Gasteiger partial charge in [0, 0.05) is 11.8 Å². The van der Waals surface area contributed by atoms with Crippen LogP contribution in [0.5, 0.6) is 0 Å². The molecule has 0 unspecified atom stereocenters. The Bertz CT molecular complexity index is 664. The molecule has 0 aliphatic carbocycles. The van der Waals surface area contributed by atoms with E-state index in [1.165, 1.54) is 36.1 Å². The fraction of sp³-hybridized carbons (Fsp3) is 0.214. The van der Waals surface area contributed by atoms with Gasteiger partial charge in [0.15, 0.2) is 5.78 Å². The highest BCUT2D eigenvalue weighted by atomic mass is 19.1. The van der Waals surface area contributed by atoms with Crippen LogP contribution in [0.4, 0.5) is 4.39 Å². The van der Waals surface area contributed by atoms with Crippen LogP contribution in [-0.4, -0.2) is 28.1 Å². The highest BCUT2D eigenvalue weighted by Gasteiger charge is 2.14. The number of aromatic nitrogens is 2. The summed E-state index contributed by atoms with van der Waals surface area (Å²) in [6.45, 7) is 3.31. The highest BCUT2D eigenvalue weighted by Crippen LogP contribution is 2.17. The van der Waals surface area contributed by atoms with Gasteiger partial charge in [0.25, 0.3) is 0 Å². The van der Waals surface area contributed by atoms with Gasteiger partial charge in [-0.2, -0.15) is 5.10 Å². The number of esters is 1. The molecule has 20 heavy (non-hydrogen) atoms. The summed E-state index contributed by atoms with van der Waals surface area (Å²) in [5, 5.41) is 4.00. The van der Waals surface area contributed by atoms with E-state index in [2.05, 4.69) is 5.10 Å². The first-order valence-electron chi connectivity index (χ1n) is 6.05. The third kappa shape index (κ3) is 2.74. The molecule has 0 aliphatic heterocycles. The van der Waals surface area contributed by atoms with Crippen LogP contribution < -0.4 is 0 Å². The lowest BCUT2D eigenvalue weighted by molar-refractivity contribution is 0.0526. The fourth-order valence-electron chi connectivity index (χ4n) is 1.76. The number of hydrogen-bond donors (Lipinski definition) is 0. The Balaban J connectivity index is 2.42. The molecule has 0 amide bonds. The number of nitrogens with zero attached hydrogens (tertiary/aromatic N) is 2. The summed E-state index contributed by atoms with van der Waals surface area (Å²) >= 11 is 0. The molecular formula is C14H13FN2O3. The van der Waals surface area contributed by atoms with E-state index >= 15 is 0 Å². The monoisotopic (exact) mass is 276 g/mol. The zero-order valence-corrected chi connectivity index (χ0v) is 11.1. The lowest BCUT2D eigenvalue weighted by Gasteiger charge is -2.06. The number of rotatable bonds is 4. The van der Waals surface area contributed by atoms with E-state index in [1.807, 2.05) is 0 Å². The van der Waals surface area contributed by atoms with Crippen LogP contribution in [0, 0.1) is 5.82 Å². The zero-order chi connectivity index (χ0) is 14.7. The quantitative estimate of drug-likeness (QED) is 0.635. The summed E-state index contributed by atoms with van der Waals surface area (Å²) in [7, 11) is 0. The molecule has 6 heteroatoms. The van der Waals surface area contributed by atoms with Crippen molar-refractivity contribution in [2.45, 2.75) is 13.8 Å². The van der Waals surface area contributed by atoms with Crippen LogP contribution in [0.3, 0.4) is 0 Å². The van der Waals surface area contributed by atoms with Crippen molar-refractivity contribution >= 4 is 11.8 Å². The Morgan fingerprint density at radius 3 is 2.80 bits per heavy atom. The largest absolute Gasteiger partial charge is 0.462 e. The Morgan fingerprint density at radius 1 is 1.40 bits per heavy atom. The van der Waals surface area contributed by atoms with Crippen molar-refractivity contribution in [2.75, 3.05) is 6.61 Å². The molecule has 0 N–H and O–H groups in total. The number of ketones is 1. The van der Waals surface area contributed by atoms with E-state index in [1.54, 1.807) is 6.92 Å². The van der Waals surface area contributed by atoms with Gasteiger partial charge >= 0.3 is 5.97 Å². The molecule has 0 fully saturated rings. The maximum Gasteiger partial charge on any atom is 0.341 e. The minimum atomic E-state index is -0.503. The van der Waals surface area contributed by atoms with E-state index in [0.717, 1.165) is 6.07 Å². The van der Waals surface area contributed by atoms with E-state index in [0.29, 0.717) is 5.69 Å². The van der Waals surface area contributed by atoms with Crippen LogP contribution in [0.2, 0.25) is 0 Å². The Labute approximate surface area is 115 Å². The Hall–Kier alpha value is -2.50. The molecule has 1 heterocycles. The lowest BCUT2D eigenvalue weighted by atomic mass is 10.1. The van der Waals surface area contributed by atoms with E-state index < -0.39 is 11.8 Å². The minimum absolute atomic E-state index is 0.198. The maximum absolute atomic E-state index is 13.2. The molecule has 0 atom stereocenters. The number of benzene rings is 1. The summed E-state index contributed by atoms with van der Waals surface area (Å²) in [5.41, 5.74) is 0.878. The van der Waals surface area contributed by atoms with Gasteiger partial charge < -0.3 is 4.74 Å². The summed E-state index contributed by atoms with van der Waals surface area (Å²) in [6.07, 6.45) is 2.78. The highest BCUT2D eigenvalue weighted by molar-refractivity contribution is 5.97. The predicted octanol–water partition coefficient (Wildman–Crippen LogP) is 2.39. The number of halogens is 1. The van der Waals surface area contributed by atoms with Gasteiger partial charge in [-0.1, -0.05) is 0 Å². The van der Waals surface area contributed by atoms with Gasteiger partial charge in [-0.3, -0.25) is 4.79 Å². The number of carbonyl (C=O) groups excluding carboxylic acids is 2. The average molecular weight is 276 g/mol. The number of carbonyl (C=O) groups is 2. The van der Waals surface area contributed by atoms with E-state index in [-0.39, 0.29) is 23.5 Å². The SMILES string of the molecule is CCOC(=O)c1cnn(-c2ccc(F)cc2C(C)=O)c1. The molecule has 0 spiro atoms. The predicted molar refractivity (Wildman–Crippen MR) is 69.5 cm³/mol. The van der Waals surface area contributed by atoms with Gasteiger partial charge in [-0.05, 0) is 32.0 Å². The first-order valence-corrected chi connectivity index (χ1v) is 6.05. The second-order valence-corrected chi connectivity index (χ2v) is 4.11. The minimum Gasteiger partial charge on any atom is -0.462 e. The van der Waals surface area contributed by atoms with Crippen LogP contribution in [0.25, 0.3) is 5.69 Å². The van der Waals surface area contributed by atoms with Crippen LogP contribution >= 0.6 is 0 Å². The molecule has 0 saturated heterocycles. The van der Waals surface area contributed by atoms with Crippen molar-refractivity contribution in [1.82, 2.24) is 9.78 Å². The maximum atomic E-state index is 13.2. The molecule has 1 aromatic heterocycles. The zero-order valence-electron chi connectivity index (χ0n) is 11.1. The van der Waals surface area contributed by atoms with Crippen molar-refractivity contribution in [1.29, 1.82) is 0 Å². The summed E-state index contributed by atoms with van der Waals surface area (Å²) in [4.78, 5) is 23.1. The fourth-order valence-corrected chi connectivity index (χ4v) is 1.76. The Morgan fingerprint density at radius 2 is 2.15 bits per heavy atom. The molecule has 104 valence electrons. The van der Waals surface area contributed by atoms with E-state index in [9.17, 15) is 14.0 Å². The standard InChI is InChI=1S/C14H13FN2O3/c1-3-20-14(19)10-7-16-17(8-10)13-5-4-11(15)6-12(13)9(2)18/h4-8H,3H2,1-2H3. The summed E-state index contributed by atoms with van der Waals surface area (Å²) in [5.74, 6) is -1.28. The molecule has 0 saturated carbocycles. The molecular weight excluding hydrogens is 263 g/mol. The first kappa shape index (κ1) is 13.9. The molecule has 1 aromatic carbocycles. The number of Topliss-reactive ketones (excluding diaryl/α,β-unsaturated/α-hetero) is 1. The molecule has 0 radical (unpaired) electrons. The molecule has 5 nitrogen and oxygen atoms in total. The summed E-state index contributed by atoms with van der Waals surface area (Å²) < 4.78 is 19.4. The second kappa shape index (κ2) is 5.64. The van der Waals surface area contributed by atoms with Crippen molar-refractivity contribution in [3.8, 4) is 5.69 Å². The van der Waals surface area contributed by atoms with Gasteiger partial charge in [0.2, 0.25) is 0 Å². The molecule has 0 bridgehead atoms. The van der Waals surface area contributed by atoms with Crippen LogP contribution in [0.1, 0.15) is 34.6 Å². The Kier molecular flexibility index (Phi) is 3.93. The lowest BCUT2D eigenvalue weighted by Crippen LogP contribution is -2.05. The van der Waals surface area contributed by atoms with Crippen molar-refractivity contribution in [2.24, 2.45) is 0 Å². The molecule has 2 aromatic rings. The van der Waals surface area contributed by atoms with E-state index in [4.69, 9.17) is 4.74 Å². The first-order chi connectivity index (χ1) is 9.52. The summed E-state index contributed by atoms with van der Waals surface area (Å²) in [6, 6.07) is 3.81. The normalized spacial score (nSPS) is 10.3. The smallest absolute Gasteiger partial charge is 0.341 e. The van der Waals surface area contributed by atoms with Gasteiger partial charge in [0.1, 0.15) is 5.82 Å². The van der Waals surface area contributed by atoms with Crippen LogP contribution in [0.15, 0.2) is 30.6 Å².